The van der Waals surface area contributed by atoms with Crippen molar-refractivity contribution in [1.29, 1.82) is 0 Å². The Kier molecular flexibility index (Phi) is 6.74. The number of halogens is 3. The SMILES string of the molecule is CCCN(CCBr)Cc1cccc(Cl)c1Cl. The maximum absolute atomic E-state index is 6.17. The fourth-order valence-corrected chi connectivity index (χ4v) is 2.50. The molecule has 0 aliphatic carbocycles. The summed E-state index contributed by atoms with van der Waals surface area (Å²) < 4.78 is 0. The summed E-state index contributed by atoms with van der Waals surface area (Å²) in [5.41, 5.74) is 1.10. The van der Waals surface area contributed by atoms with Crippen LogP contribution >= 0.6 is 39.1 Å². The largest absolute Gasteiger partial charge is 0.298 e. The van der Waals surface area contributed by atoms with E-state index >= 15 is 0 Å². The van der Waals surface area contributed by atoms with E-state index in [1.54, 1.807) is 0 Å². The van der Waals surface area contributed by atoms with Crippen LogP contribution in [0.15, 0.2) is 18.2 Å². The molecule has 0 spiro atoms. The second-order valence-corrected chi connectivity index (χ2v) is 5.26. The van der Waals surface area contributed by atoms with Crippen molar-refractivity contribution in [1.82, 2.24) is 4.90 Å². The molecule has 0 radical (unpaired) electrons. The molecule has 0 saturated carbocycles. The van der Waals surface area contributed by atoms with E-state index in [2.05, 4.69) is 27.8 Å². The summed E-state index contributed by atoms with van der Waals surface area (Å²) in [5, 5.41) is 2.29. The van der Waals surface area contributed by atoms with Gasteiger partial charge in [-0.3, -0.25) is 4.90 Å². The lowest BCUT2D eigenvalue weighted by Crippen LogP contribution is -2.26. The molecule has 0 aliphatic rings. The molecule has 0 unspecified atom stereocenters. The van der Waals surface area contributed by atoms with Crippen molar-refractivity contribution >= 4 is 39.1 Å². The van der Waals surface area contributed by atoms with Crippen LogP contribution in [0.5, 0.6) is 0 Å². The highest BCUT2D eigenvalue weighted by molar-refractivity contribution is 9.09. The van der Waals surface area contributed by atoms with E-state index in [9.17, 15) is 0 Å². The van der Waals surface area contributed by atoms with Gasteiger partial charge in [0.2, 0.25) is 0 Å². The second kappa shape index (κ2) is 7.54. The Hall–Kier alpha value is 0.240. The Bertz CT molecular complexity index is 325. The lowest BCUT2D eigenvalue weighted by molar-refractivity contribution is 0.284. The molecule has 1 rings (SSSR count). The average molecular weight is 325 g/mol. The first-order chi connectivity index (χ1) is 7.69. The van der Waals surface area contributed by atoms with Crippen LogP contribution in [0.1, 0.15) is 18.9 Å². The number of hydrogen-bond acceptors (Lipinski definition) is 1. The third-order valence-corrected chi connectivity index (χ3v) is 3.58. The highest BCUT2D eigenvalue weighted by Gasteiger charge is 2.09. The summed E-state index contributed by atoms with van der Waals surface area (Å²) in [6, 6.07) is 5.80. The highest BCUT2D eigenvalue weighted by Crippen LogP contribution is 2.26. The van der Waals surface area contributed by atoms with Crippen molar-refractivity contribution in [3.8, 4) is 0 Å². The van der Waals surface area contributed by atoms with Gasteiger partial charge in [-0.15, -0.1) is 0 Å². The van der Waals surface area contributed by atoms with E-state index in [1.807, 2.05) is 18.2 Å². The van der Waals surface area contributed by atoms with Gasteiger partial charge >= 0.3 is 0 Å². The van der Waals surface area contributed by atoms with Gasteiger partial charge in [-0.25, -0.2) is 0 Å². The first-order valence-corrected chi connectivity index (χ1v) is 7.28. The van der Waals surface area contributed by atoms with Gasteiger partial charge in [0.25, 0.3) is 0 Å². The van der Waals surface area contributed by atoms with Crippen LogP contribution in [0.2, 0.25) is 10.0 Å². The molecule has 0 saturated heterocycles. The Morgan fingerprint density at radius 3 is 2.62 bits per heavy atom. The van der Waals surface area contributed by atoms with Gasteiger partial charge in [0, 0.05) is 18.4 Å². The monoisotopic (exact) mass is 323 g/mol. The maximum atomic E-state index is 6.17. The molecule has 0 atom stereocenters. The lowest BCUT2D eigenvalue weighted by Gasteiger charge is -2.21. The number of rotatable bonds is 6. The normalized spacial score (nSPS) is 11.1. The van der Waals surface area contributed by atoms with Crippen LogP contribution in [0.3, 0.4) is 0 Å². The first-order valence-electron chi connectivity index (χ1n) is 5.40. The van der Waals surface area contributed by atoms with Gasteiger partial charge in [0.1, 0.15) is 0 Å². The summed E-state index contributed by atoms with van der Waals surface area (Å²) in [6.45, 7) is 5.14. The highest BCUT2D eigenvalue weighted by atomic mass is 79.9. The van der Waals surface area contributed by atoms with E-state index in [0.29, 0.717) is 10.0 Å². The van der Waals surface area contributed by atoms with E-state index in [0.717, 1.165) is 36.9 Å². The predicted molar refractivity (Wildman–Crippen MR) is 75.8 cm³/mol. The zero-order chi connectivity index (χ0) is 12.0. The molecular weight excluding hydrogens is 309 g/mol. The standard InChI is InChI=1S/C12H16BrCl2N/c1-2-7-16(8-6-13)9-10-4-3-5-11(14)12(10)15/h3-5H,2,6-9H2,1H3. The van der Waals surface area contributed by atoms with Crippen LogP contribution in [0.4, 0.5) is 0 Å². The molecule has 0 aliphatic heterocycles. The van der Waals surface area contributed by atoms with Crippen LogP contribution < -0.4 is 0 Å². The van der Waals surface area contributed by atoms with E-state index in [1.165, 1.54) is 0 Å². The van der Waals surface area contributed by atoms with E-state index in [-0.39, 0.29) is 0 Å². The Labute approximate surface area is 116 Å². The van der Waals surface area contributed by atoms with E-state index in [4.69, 9.17) is 23.2 Å². The predicted octanol–water partition coefficient (Wildman–Crippen LogP) is 4.60. The van der Waals surface area contributed by atoms with Crippen LogP contribution in [-0.2, 0) is 6.54 Å². The van der Waals surface area contributed by atoms with Gasteiger partial charge < -0.3 is 0 Å². The average Bonchev–Trinajstić information content (AvgIpc) is 2.25. The summed E-state index contributed by atoms with van der Waals surface area (Å²) in [6.07, 6.45) is 1.14. The van der Waals surface area contributed by atoms with Crippen molar-refractivity contribution in [2.24, 2.45) is 0 Å². The summed E-state index contributed by atoms with van der Waals surface area (Å²) in [4.78, 5) is 2.37. The summed E-state index contributed by atoms with van der Waals surface area (Å²) in [7, 11) is 0. The molecule has 16 heavy (non-hydrogen) atoms. The van der Waals surface area contributed by atoms with Crippen molar-refractivity contribution in [3.05, 3.63) is 33.8 Å². The summed E-state index contributed by atoms with van der Waals surface area (Å²) >= 11 is 15.6. The van der Waals surface area contributed by atoms with Gasteiger partial charge in [-0.2, -0.15) is 0 Å². The quantitative estimate of drug-likeness (QED) is 0.691. The summed E-state index contributed by atoms with van der Waals surface area (Å²) in [5.74, 6) is 0. The van der Waals surface area contributed by atoms with Gasteiger partial charge in [-0.1, -0.05) is 58.2 Å². The number of nitrogens with zero attached hydrogens (tertiary/aromatic N) is 1. The minimum absolute atomic E-state index is 0.634. The van der Waals surface area contributed by atoms with Crippen LogP contribution in [0, 0.1) is 0 Å². The zero-order valence-corrected chi connectivity index (χ0v) is 12.4. The van der Waals surface area contributed by atoms with Crippen molar-refractivity contribution in [3.63, 3.8) is 0 Å². The molecule has 0 bridgehead atoms. The third-order valence-electron chi connectivity index (χ3n) is 2.37. The molecule has 0 fully saturated rings. The smallest absolute Gasteiger partial charge is 0.0637 e. The molecule has 0 aromatic heterocycles. The molecule has 1 nitrogen and oxygen atoms in total. The second-order valence-electron chi connectivity index (χ2n) is 3.68. The van der Waals surface area contributed by atoms with Crippen molar-refractivity contribution in [2.45, 2.75) is 19.9 Å². The number of benzene rings is 1. The molecule has 0 N–H and O–H groups in total. The fraction of sp³-hybridized carbons (Fsp3) is 0.500. The topological polar surface area (TPSA) is 3.24 Å². The molecule has 1 aromatic rings. The number of hydrogen-bond donors (Lipinski definition) is 0. The third kappa shape index (κ3) is 4.25. The fourth-order valence-electron chi connectivity index (χ4n) is 1.62. The van der Waals surface area contributed by atoms with Crippen molar-refractivity contribution in [2.75, 3.05) is 18.4 Å². The minimum Gasteiger partial charge on any atom is -0.298 e. The van der Waals surface area contributed by atoms with Gasteiger partial charge in [-0.05, 0) is 24.6 Å². The molecule has 1 aromatic carbocycles. The molecular formula is C12H16BrCl2N. The first kappa shape index (κ1) is 14.3. The van der Waals surface area contributed by atoms with Crippen LogP contribution in [-0.4, -0.2) is 23.3 Å². The Balaban J connectivity index is 2.72. The molecule has 4 heteroatoms. The minimum atomic E-state index is 0.634. The maximum Gasteiger partial charge on any atom is 0.0637 e. The zero-order valence-electron chi connectivity index (χ0n) is 9.35. The Morgan fingerprint density at radius 1 is 1.25 bits per heavy atom. The van der Waals surface area contributed by atoms with E-state index < -0.39 is 0 Å². The number of alkyl halides is 1. The molecule has 0 amide bonds. The van der Waals surface area contributed by atoms with Crippen molar-refractivity contribution < 1.29 is 0 Å². The van der Waals surface area contributed by atoms with Gasteiger partial charge in [0.05, 0.1) is 10.0 Å². The lowest BCUT2D eigenvalue weighted by atomic mass is 10.2. The molecule has 0 heterocycles. The molecule has 90 valence electrons. The van der Waals surface area contributed by atoms with Gasteiger partial charge in [0.15, 0.2) is 0 Å². The van der Waals surface area contributed by atoms with Crippen LogP contribution in [0.25, 0.3) is 0 Å². The Morgan fingerprint density at radius 2 is 2.00 bits per heavy atom.